The molecule has 5 nitrogen and oxygen atoms in total. The normalized spacial score (nSPS) is 10.8. The van der Waals surface area contributed by atoms with Gasteiger partial charge in [-0.25, -0.2) is 4.39 Å². The number of rotatable bonds is 10. The van der Waals surface area contributed by atoms with Gasteiger partial charge in [-0.05, 0) is 78.1 Å². The lowest BCUT2D eigenvalue weighted by Gasteiger charge is -2.12. The molecule has 0 atom stereocenters. The molecule has 0 unspecified atom stereocenters. The van der Waals surface area contributed by atoms with Gasteiger partial charge in [-0.2, -0.15) is 0 Å². The van der Waals surface area contributed by atoms with Gasteiger partial charge in [0, 0.05) is 36.5 Å². The van der Waals surface area contributed by atoms with Gasteiger partial charge in [0.2, 0.25) is 0 Å². The smallest absolute Gasteiger partial charge is 0.251 e. The topological polar surface area (TPSA) is 71.3 Å². The maximum atomic E-state index is 13.5. The van der Waals surface area contributed by atoms with Crippen LogP contribution in [0.4, 0.5) is 10.1 Å². The average Bonchev–Trinajstić information content (AvgIpc) is 3.24. The van der Waals surface area contributed by atoms with E-state index in [1.165, 1.54) is 12.1 Å². The summed E-state index contributed by atoms with van der Waals surface area (Å²) in [5.74, 6) is 0.140. The van der Waals surface area contributed by atoms with Crippen LogP contribution in [0.1, 0.15) is 28.8 Å². The number of halogens is 1. The van der Waals surface area contributed by atoms with Crippen molar-refractivity contribution >= 4 is 28.8 Å². The molecule has 1 aromatic heterocycles. The Balaban J connectivity index is 1.83. The highest BCUT2D eigenvalue weighted by Gasteiger charge is 2.19. The summed E-state index contributed by atoms with van der Waals surface area (Å²) in [5.41, 5.74) is 5.49. The summed E-state index contributed by atoms with van der Waals surface area (Å²) < 4.78 is 19.7. The SMILES string of the molecule is C=CCCNC(=O)c1cccc(-c2cc3c(NC)c(-c4ccc(F)cc4)oc3cc2CCC=O)c1. The molecule has 178 valence electrons. The van der Waals surface area contributed by atoms with Crippen molar-refractivity contribution in [1.29, 1.82) is 0 Å². The second-order valence-electron chi connectivity index (χ2n) is 8.19. The highest BCUT2D eigenvalue weighted by Crippen LogP contribution is 2.41. The number of nitrogens with one attached hydrogen (secondary N) is 2. The van der Waals surface area contributed by atoms with E-state index >= 15 is 0 Å². The lowest BCUT2D eigenvalue weighted by Crippen LogP contribution is -2.24. The first-order valence-corrected chi connectivity index (χ1v) is 11.5. The maximum absolute atomic E-state index is 13.5. The van der Waals surface area contributed by atoms with Crippen LogP contribution in [-0.2, 0) is 11.2 Å². The molecule has 0 fully saturated rings. The Hall–Kier alpha value is -4.19. The number of benzene rings is 3. The fraction of sp³-hybridized carbons (Fsp3) is 0.172. The third-order valence-corrected chi connectivity index (χ3v) is 5.87. The quantitative estimate of drug-likeness (QED) is 0.160. The molecule has 0 aliphatic rings. The highest BCUT2D eigenvalue weighted by atomic mass is 19.1. The molecule has 0 saturated heterocycles. The van der Waals surface area contributed by atoms with Gasteiger partial charge in [-0.3, -0.25) is 4.79 Å². The molecule has 0 radical (unpaired) electrons. The number of amides is 1. The van der Waals surface area contributed by atoms with Crippen LogP contribution in [0.2, 0.25) is 0 Å². The molecule has 6 heteroatoms. The minimum absolute atomic E-state index is 0.151. The molecule has 0 aliphatic heterocycles. The van der Waals surface area contributed by atoms with E-state index in [0.717, 1.165) is 39.6 Å². The molecule has 1 amide bonds. The fourth-order valence-corrected chi connectivity index (χ4v) is 4.15. The predicted octanol–water partition coefficient (Wildman–Crippen LogP) is 6.39. The molecule has 2 N–H and O–H groups in total. The molecular formula is C29H27FN2O3. The molecular weight excluding hydrogens is 443 g/mol. The molecule has 0 saturated carbocycles. The highest BCUT2D eigenvalue weighted by molar-refractivity contribution is 6.02. The molecule has 3 aromatic carbocycles. The lowest BCUT2D eigenvalue weighted by atomic mass is 9.93. The molecule has 0 spiro atoms. The first-order chi connectivity index (χ1) is 17.0. The van der Waals surface area contributed by atoms with Crippen molar-refractivity contribution in [1.82, 2.24) is 5.32 Å². The van der Waals surface area contributed by atoms with Crippen molar-refractivity contribution in [2.75, 3.05) is 18.9 Å². The zero-order chi connectivity index (χ0) is 24.8. The van der Waals surface area contributed by atoms with Crippen LogP contribution < -0.4 is 10.6 Å². The molecule has 4 aromatic rings. The van der Waals surface area contributed by atoms with Gasteiger partial charge in [-0.1, -0.05) is 18.2 Å². The van der Waals surface area contributed by atoms with Gasteiger partial charge in [-0.15, -0.1) is 6.58 Å². The summed E-state index contributed by atoms with van der Waals surface area (Å²) in [7, 11) is 1.81. The van der Waals surface area contributed by atoms with E-state index in [2.05, 4.69) is 17.2 Å². The molecule has 4 rings (SSSR count). The van der Waals surface area contributed by atoms with Gasteiger partial charge in [0.05, 0.1) is 5.69 Å². The summed E-state index contributed by atoms with van der Waals surface area (Å²) in [4.78, 5) is 23.8. The van der Waals surface area contributed by atoms with Crippen LogP contribution in [0, 0.1) is 5.82 Å². The van der Waals surface area contributed by atoms with Gasteiger partial charge in [0.1, 0.15) is 17.7 Å². The van der Waals surface area contributed by atoms with Crippen LogP contribution in [0.3, 0.4) is 0 Å². The zero-order valence-electron chi connectivity index (χ0n) is 19.6. The minimum atomic E-state index is -0.317. The monoisotopic (exact) mass is 470 g/mol. The standard InChI is InChI=1S/C29H27FN2O3/c1-3-4-14-32-29(34)22-8-5-7-20(16-22)24-18-25-26(17-21(24)9-6-15-33)35-28(27(25)31-2)19-10-12-23(30)13-11-19/h3,5,7-8,10-13,15-18,31H,1,4,6,9,14H2,2H3,(H,32,34). The van der Waals surface area contributed by atoms with Crippen LogP contribution in [0.15, 0.2) is 77.7 Å². The second-order valence-corrected chi connectivity index (χ2v) is 8.19. The second kappa shape index (κ2) is 10.8. The maximum Gasteiger partial charge on any atom is 0.251 e. The number of carbonyl (C=O) groups is 2. The summed E-state index contributed by atoms with van der Waals surface area (Å²) in [5, 5.41) is 6.97. The summed E-state index contributed by atoms with van der Waals surface area (Å²) in [6, 6.07) is 17.5. The molecule has 35 heavy (non-hydrogen) atoms. The van der Waals surface area contributed by atoms with Gasteiger partial charge in [0.25, 0.3) is 5.91 Å². The van der Waals surface area contributed by atoms with E-state index in [-0.39, 0.29) is 11.7 Å². The first kappa shape index (κ1) is 24.0. The predicted molar refractivity (Wildman–Crippen MR) is 138 cm³/mol. The Morgan fingerprint density at radius 3 is 2.57 bits per heavy atom. The number of carbonyl (C=O) groups excluding carboxylic acids is 2. The van der Waals surface area contributed by atoms with Gasteiger partial charge >= 0.3 is 0 Å². The number of anilines is 1. The van der Waals surface area contributed by atoms with Gasteiger partial charge in [0.15, 0.2) is 5.76 Å². The number of furan rings is 1. The minimum Gasteiger partial charge on any atom is -0.454 e. The van der Waals surface area contributed by atoms with E-state index in [4.69, 9.17) is 4.42 Å². The Morgan fingerprint density at radius 1 is 1.06 bits per heavy atom. The Kier molecular flexibility index (Phi) is 7.41. The van der Waals surface area contributed by atoms with Gasteiger partial charge < -0.3 is 19.8 Å². The van der Waals surface area contributed by atoms with E-state index in [9.17, 15) is 14.0 Å². The largest absolute Gasteiger partial charge is 0.454 e. The van der Waals surface area contributed by atoms with Crippen LogP contribution in [0.5, 0.6) is 0 Å². The third-order valence-electron chi connectivity index (χ3n) is 5.87. The summed E-state index contributed by atoms with van der Waals surface area (Å²) >= 11 is 0. The number of aryl methyl sites for hydroxylation is 1. The Morgan fingerprint density at radius 2 is 1.86 bits per heavy atom. The molecule has 0 aliphatic carbocycles. The molecule has 0 bridgehead atoms. The van der Waals surface area contributed by atoms with Crippen molar-refractivity contribution in [2.24, 2.45) is 0 Å². The van der Waals surface area contributed by atoms with E-state index in [0.29, 0.717) is 42.7 Å². The fourth-order valence-electron chi connectivity index (χ4n) is 4.15. The Bertz CT molecular complexity index is 1370. The zero-order valence-corrected chi connectivity index (χ0v) is 19.6. The van der Waals surface area contributed by atoms with Crippen molar-refractivity contribution < 1.29 is 18.4 Å². The van der Waals surface area contributed by atoms with Crippen LogP contribution in [0.25, 0.3) is 33.4 Å². The number of fused-ring (bicyclic) bond motifs is 1. The number of hydrogen-bond donors (Lipinski definition) is 2. The first-order valence-electron chi connectivity index (χ1n) is 11.5. The van der Waals surface area contributed by atoms with Crippen molar-refractivity contribution in [2.45, 2.75) is 19.3 Å². The van der Waals surface area contributed by atoms with Crippen LogP contribution in [-0.4, -0.2) is 25.8 Å². The van der Waals surface area contributed by atoms with E-state index < -0.39 is 0 Å². The van der Waals surface area contributed by atoms with Crippen molar-refractivity contribution in [3.05, 3.63) is 90.3 Å². The number of aldehydes is 1. The van der Waals surface area contributed by atoms with Crippen molar-refractivity contribution in [3.63, 3.8) is 0 Å². The number of hydrogen-bond acceptors (Lipinski definition) is 4. The molecule has 1 heterocycles. The summed E-state index contributed by atoms with van der Waals surface area (Å²) in [6.07, 6.45) is 4.25. The average molecular weight is 471 g/mol. The summed E-state index contributed by atoms with van der Waals surface area (Å²) in [6.45, 7) is 4.20. The van der Waals surface area contributed by atoms with Crippen molar-refractivity contribution in [3.8, 4) is 22.5 Å². The van der Waals surface area contributed by atoms with E-state index in [1.807, 2.05) is 37.4 Å². The lowest BCUT2D eigenvalue weighted by molar-refractivity contribution is -0.107. The van der Waals surface area contributed by atoms with Crippen LogP contribution >= 0.6 is 0 Å². The Labute approximate surface area is 203 Å². The third kappa shape index (κ3) is 5.17. The van der Waals surface area contributed by atoms with E-state index in [1.54, 1.807) is 24.3 Å².